The first-order valence-corrected chi connectivity index (χ1v) is 11.8. The van der Waals surface area contributed by atoms with Gasteiger partial charge in [-0.15, -0.1) is 0 Å². The third-order valence-corrected chi connectivity index (χ3v) is 7.51. The van der Waals surface area contributed by atoms with E-state index >= 15 is 0 Å². The van der Waals surface area contributed by atoms with E-state index in [1.165, 1.54) is 29.5 Å². The molecule has 0 atom stereocenters. The number of nitrogens with zero attached hydrogens (tertiary/aromatic N) is 3. The molecule has 1 aliphatic rings. The number of likely N-dealkylation sites (tertiary alicyclic amines) is 1. The standard InChI is InChI=1S/C20H18N4O4S2/c1-12-4-6-15-17(10-12)29-20(21-15)23-30(26,27)13-5-7-16-14(11-13)18(22-28-16)19(25)24-8-2-3-9-24/h4-7,10-11H,2-3,8-9H2,1H3,(H,21,23). The summed E-state index contributed by atoms with van der Waals surface area (Å²) in [5, 5.41) is 4.56. The van der Waals surface area contributed by atoms with Crippen LogP contribution in [0.5, 0.6) is 0 Å². The van der Waals surface area contributed by atoms with Crippen molar-refractivity contribution in [2.75, 3.05) is 17.8 Å². The number of sulfonamides is 1. The number of amides is 1. The van der Waals surface area contributed by atoms with Gasteiger partial charge in [0.2, 0.25) is 0 Å². The number of rotatable bonds is 4. The van der Waals surface area contributed by atoms with Crippen molar-refractivity contribution in [3.05, 3.63) is 47.7 Å². The zero-order valence-corrected chi connectivity index (χ0v) is 17.7. The number of anilines is 1. The van der Waals surface area contributed by atoms with Gasteiger partial charge in [-0.05, 0) is 55.7 Å². The van der Waals surface area contributed by atoms with E-state index in [-0.39, 0.29) is 21.6 Å². The fourth-order valence-corrected chi connectivity index (χ4v) is 5.78. The molecule has 1 N–H and O–H groups in total. The van der Waals surface area contributed by atoms with Crippen LogP contribution in [0.1, 0.15) is 28.9 Å². The largest absolute Gasteiger partial charge is 0.355 e. The molecule has 0 saturated carbocycles. The first-order valence-electron chi connectivity index (χ1n) is 9.49. The van der Waals surface area contributed by atoms with Crippen LogP contribution in [0.15, 0.2) is 45.8 Å². The van der Waals surface area contributed by atoms with Gasteiger partial charge in [-0.2, -0.15) is 0 Å². The van der Waals surface area contributed by atoms with E-state index < -0.39 is 10.0 Å². The Morgan fingerprint density at radius 3 is 2.77 bits per heavy atom. The summed E-state index contributed by atoms with van der Waals surface area (Å²) in [7, 11) is -3.90. The van der Waals surface area contributed by atoms with Crippen LogP contribution >= 0.6 is 11.3 Å². The summed E-state index contributed by atoms with van der Waals surface area (Å²) in [4.78, 5) is 18.8. The lowest BCUT2D eigenvalue weighted by Gasteiger charge is -2.13. The van der Waals surface area contributed by atoms with Crippen molar-refractivity contribution >= 4 is 53.6 Å². The predicted octanol–water partition coefficient (Wildman–Crippen LogP) is 3.78. The smallest absolute Gasteiger partial charge is 0.276 e. The van der Waals surface area contributed by atoms with Crippen LogP contribution in [0.25, 0.3) is 21.2 Å². The molecule has 3 heterocycles. The summed E-state index contributed by atoms with van der Waals surface area (Å²) >= 11 is 1.27. The number of carbonyl (C=O) groups is 1. The molecule has 0 aliphatic carbocycles. The molecule has 10 heteroatoms. The molecular weight excluding hydrogens is 424 g/mol. The SMILES string of the molecule is Cc1ccc2nc(NS(=O)(=O)c3ccc4onc(C(=O)N5CCCC5)c4c3)sc2c1. The second-order valence-corrected chi connectivity index (χ2v) is 10.00. The normalized spacial score (nSPS) is 14.6. The van der Waals surface area contributed by atoms with Crippen LogP contribution in [0.2, 0.25) is 0 Å². The third-order valence-electron chi connectivity index (χ3n) is 5.11. The number of aromatic nitrogens is 2. The molecule has 0 bridgehead atoms. The van der Waals surface area contributed by atoms with Gasteiger partial charge in [0.1, 0.15) is 0 Å². The quantitative estimate of drug-likeness (QED) is 0.516. The maximum atomic E-state index is 13.0. The van der Waals surface area contributed by atoms with Gasteiger partial charge in [-0.1, -0.05) is 22.6 Å². The average Bonchev–Trinajstić information content (AvgIpc) is 3.45. The van der Waals surface area contributed by atoms with Crippen molar-refractivity contribution < 1.29 is 17.7 Å². The summed E-state index contributed by atoms with van der Waals surface area (Å²) in [6.07, 6.45) is 1.90. The van der Waals surface area contributed by atoms with Crippen molar-refractivity contribution in [1.82, 2.24) is 15.0 Å². The zero-order chi connectivity index (χ0) is 20.9. The Morgan fingerprint density at radius 2 is 1.97 bits per heavy atom. The molecule has 30 heavy (non-hydrogen) atoms. The van der Waals surface area contributed by atoms with Crippen LogP contribution in [0.4, 0.5) is 5.13 Å². The van der Waals surface area contributed by atoms with E-state index in [0.717, 1.165) is 28.6 Å². The van der Waals surface area contributed by atoms with Gasteiger partial charge in [-0.25, -0.2) is 13.4 Å². The summed E-state index contributed by atoms with van der Waals surface area (Å²) in [6, 6.07) is 10.1. The first-order chi connectivity index (χ1) is 14.4. The van der Waals surface area contributed by atoms with Crippen LogP contribution in [-0.2, 0) is 10.0 Å². The number of fused-ring (bicyclic) bond motifs is 2. The van der Waals surface area contributed by atoms with Crippen molar-refractivity contribution in [3.63, 3.8) is 0 Å². The molecule has 5 rings (SSSR count). The topological polar surface area (TPSA) is 105 Å². The lowest BCUT2D eigenvalue weighted by molar-refractivity contribution is 0.0784. The average molecular weight is 443 g/mol. The second-order valence-electron chi connectivity index (χ2n) is 7.28. The third kappa shape index (κ3) is 3.31. The Morgan fingerprint density at radius 1 is 1.17 bits per heavy atom. The molecule has 4 aromatic rings. The summed E-state index contributed by atoms with van der Waals surface area (Å²) in [6.45, 7) is 3.31. The van der Waals surface area contributed by atoms with Crippen molar-refractivity contribution in [2.24, 2.45) is 0 Å². The number of hydrogen-bond donors (Lipinski definition) is 1. The minimum atomic E-state index is -3.90. The summed E-state index contributed by atoms with van der Waals surface area (Å²) in [5.74, 6) is -0.240. The van der Waals surface area contributed by atoms with Gasteiger partial charge in [0.25, 0.3) is 15.9 Å². The molecule has 0 radical (unpaired) electrons. The van der Waals surface area contributed by atoms with Gasteiger partial charge in [0, 0.05) is 13.1 Å². The maximum Gasteiger partial charge on any atom is 0.276 e. The molecule has 2 aromatic carbocycles. The molecule has 1 saturated heterocycles. The van der Waals surface area contributed by atoms with Crippen LogP contribution in [-0.4, -0.2) is 42.5 Å². The molecule has 1 aliphatic heterocycles. The Labute approximate surface area is 176 Å². The van der Waals surface area contributed by atoms with Gasteiger partial charge in [0.05, 0.1) is 20.5 Å². The summed E-state index contributed by atoms with van der Waals surface area (Å²) in [5.41, 5.74) is 2.32. The minimum Gasteiger partial charge on any atom is -0.355 e. The molecule has 1 fully saturated rings. The monoisotopic (exact) mass is 442 g/mol. The Hall–Kier alpha value is -2.98. The van der Waals surface area contributed by atoms with Crippen LogP contribution in [0, 0.1) is 6.92 Å². The second kappa shape index (κ2) is 7.06. The van der Waals surface area contributed by atoms with E-state index in [9.17, 15) is 13.2 Å². The molecule has 8 nitrogen and oxygen atoms in total. The number of nitrogens with one attached hydrogen (secondary N) is 1. The van der Waals surface area contributed by atoms with Crippen LogP contribution < -0.4 is 4.72 Å². The van der Waals surface area contributed by atoms with E-state index in [0.29, 0.717) is 24.1 Å². The van der Waals surface area contributed by atoms with Gasteiger partial charge < -0.3 is 9.42 Å². The zero-order valence-electron chi connectivity index (χ0n) is 16.1. The maximum absolute atomic E-state index is 13.0. The van der Waals surface area contributed by atoms with Crippen molar-refractivity contribution in [2.45, 2.75) is 24.7 Å². The fraction of sp³-hybridized carbons (Fsp3) is 0.250. The van der Waals surface area contributed by atoms with E-state index in [1.54, 1.807) is 4.90 Å². The van der Waals surface area contributed by atoms with E-state index in [1.807, 2.05) is 25.1 Å². The minimum absolute atomic E-state index is 0.0177. The highest BCUT2D eigenvalue weighted by Crippen LogP contribution is 2.30. The highest BCUT2D eigenvalue weighted by molar-refractivity contribution is 7.93. The number of thiazole rings is 1. The highest BCUT2D eigenvalue weighted by Gasteiger charge is 2.26. The van der Waals surface area contributed by atoms with Gasteiger partial charge in [-0.3, -0.25) is 9.52 Å². The van der Waals surface area contributed by atoms with Crippen LogP contribution in [0.3, 0.4) is 0 Å². The predicted molar refractivity (Wildman–Crippen MR) is 114 cm³/mol. The van der Waals surface area contributed by atoms with Crippen molar-refractivity contribution in [1.29, 1.82) is 0 Å². The highest BCUT2D eigenvalue weighted by atomic mass is 32.2. The van der Waals surface area contributed by atoms with Gasteiger partial charge >= 0.3 is 0 Å². The molecule has 0 unspecified atom stereocenters. The molecule has 154 valence electrons. The Balaban J connectivity index is 1.49. The molecular formula is C20H18N4O4S2. The summed E-state index contributed by atoms with van der Waals surface area (Å²) < 4.78 is 34.6. The number of carbonyl (C=O) groups excluding carboxylic acids is 1. The molecule has 2 aromatic heterocycles. The Kier molecular flexibility index (Phi) is 4.48. The van der Waals surface area contributed by atoms with Gasteiger partial charge in [0.15, 0.2) is 16.4 Å². The first kappa shape index (κ1) is 19.0. The lowest BCUT2D eigenvalue weighted by Crippen LogP contribution is -2.28. The molecule has 1 amide bonds. The fourth-order valence-electron chi connectivity index (χ4n) is 3.56. The Bertz CT molecular complexity index is 1380. The number of benzene rings is 2. The molecule has 0 spiro atoms. The van der Waals surface area contributed by atoms with E-state index in [2.05, 4.69) is 14.9 Å². The number of aryl methyl sites for hydroxylation is 1. The van der Waals surface area contributed by atoms with E-state index in [4.69, 9.17) is 4.52 Å². The lowest BCUT2D eigenvalue weighted by atomic mass is 10.2. The van der Waals surface area contributed by atoms with Crippen molar-refractivity contribution in [3.8, 4) is 0 Å². The number of hydrogen-bond acceptors (Lipinski definition) is 7.